The first-order chi connectivity index (χ1) is 6.00. The largest absolute Gasteiger partial charge is 0.204 e. The van der Waals surface area contributed by atoms with Gasteiger partial charge in [-0.05, 0) is 0 Å². The molecule has 0 aromatic heterocycles. The van der Waals surface area contributed by atoms with Gasteiger partial charge >= 0.3 is 0 Å². The lowest BCUT2D eigenvalue weighted by atomic mass is 10.3. The number of hydrogen-bond acceptors (Lipinski definition) is 1. The summed E-state index contributed by atoms with van der Waals surface area (Å²) in [6.45, 7) is 0. The Bertz CT molecular complexity index is 348. The van der Waals surface area contributed by atoms with Gasteiger partial charge in [-0.15, -0.1) is 12.6 Å². The average molecular weight is 322 g/mol. The van der Waals surface area contributed by atoms with E-state index >= 15 is 0 Å². The lowest BCUT2D eigenvalue weighted by Crippen LogP contribution is -2.01. The molecule has 13 heavy (non-hydrogen) atoms. The molecule has 0 spiro atoms. The van der Waals surface area contributed by atoms with Crippen molar-refractivity contribution in [3.8, 4) is 0 Å². The number of thiol groups is 1. The van der Waals surface area contributed by atoms with E-state index in [9.17, 15) is 17.6 Å². The second kappa shape index (κ2) is 3.95. The third-order valence-corrected chi connectivity index (χ3v) is 3.42. The normalized spacial score (nSPS) is 10.5. The van der Waals surface area contributed by atoms with Gasteiger partial charge in [0.05, 0.1) is 8.47 Å². The standard InChI is InChI=1S/C7H3F4IS/c1-12-6-3(9)2(8)4(10)7(13)5(6)11/h13H,1H2. The van der Waals surface area contributed by atoms with Crippen molar-refractivity contribution in [1.29, 1.82) is 0 Å². The molecule has 0 saturated heterocycles. The highest BCUT2D eigenvalue weighted by molar-refractivity contribution is 14.2. The van der Waals surface area contributed by atoms with E-state index in [1.165, 1.54) is 0 Å². The third kappa shape index (κ3) is 1.74. The summed E-state index contributed by atoms with van der Waals surface area (Å²) in [6, 6.07) is 0. The molecule has 6 heteroatoms. The van der Waals surface area contributed by atoms with Gasteiger partial charge in [-0.25, -0.2) is 17.6 Å². The van der Waals surface area contributed by atoms with Crippen LogP contribution in [0.5, 0.6) is 0 Å². The minimum Gasteiger partial charge on any atom is -0.204 e. The van der Waals surface area contributed by atoms with Crippen LogP contribution in [0.4, 0.5) is 17.6 Å². The monoisotopic (exact) mass is 322 g/mol. The van der Waals surface area contributed by atoms with Crippen LogP contribution in [-0.4, -0.2) is 4.51 Å². The van der Waals surface area contributed by atoms with Gasteiger partial charge in [0.2, 0.25) is 0 Å². The van der Waals surface area contributed by atoms with Crippen molar-refractivity contribution in [2.45, 2.75) is 4.90 Å². The Hall–Kier alpha value is -0.110. The number of benzene rings is 1. The van der Waals surface area contributed by atoms with E-state index in [1.807, 2.05) is 0 Å². The molecule has 0 fully saturated rings. The smallest absolute Gasteiger partial charge is 0.196 e. The van der Waals surface area contributed by atoms with Crippen molar-refractivity contribution in [2.24, 2.45) is 0 Å². The first-order valence-electron chi connectivity index (χ1n) is 2.94. The van der Waals surface area contributed by atoms with E-state index in [-0.39, 0.29) is 0 Å². The van der Waals surface area contributed by atoms with Crippen LogP contribution in [0.3, 0.4) is 0 Å². The Morgan fingerprint density at radius 3 is 1.92 bits per heavy atom. The molecule has 0 unspecified atom stereocenters. The highest BCUT2D eigenvalue weighted by Gasteiger charge is 2.21. The zero-order chi connectivity index (χ0) is 10.2. The predicted molar refractivity (Wildman–Crippen MR) is 53.4 cm³/mol. The number of halogens is 5. The second-order valence-corrected chi connectivity index (χ2v) is 4.34. The fourth-order valence-corrected chi connectivity index (χ4v) is 2.31. The molecule has 1 aromatic rings. The Morgan fingerprint density at radius 1 is 0.923 bits per heavy atom. The van der Waals surface area contributed by atoms with Crippen molar-refractivity contribution in [3.05, 3.63) is 26.8 Å². The van der Waals surface area contributed by atoms with Crippen LogP contribution >= 0.6 is 33.4 Å². The van der Waals surface area contributed by atoms with Gasteiger partial charge in [-0.2, -0.15) is 0 Å². The van der Waals surface area contributed by atoms with E-state index in [0.29, 0.717) is 0 Å². The molecule has 1 aromatic carbocycles. The van der Waals surface area contributed by atoms with Crippen molar-refractivity contribution in [2.75, 3.05) is 0 Å². The maximum absolute atomic E-state index is 13.0. The van der Waals surface area contributed by atoms with Gasteiger partial charge in [0, 0.05) is 0 Å². The molecular formula is C7H3F4IS. The van der Waals surface area contributed by atoms with E-state index in [1.54, 1.807) is 0 Å². The lowest BCUT2D eigenvalue weighted by Gasteiger charge is -2.04. The molecule has 0 N–H and O–H groups in total. The van der Waals surface area contributed by atoms with Gasteiger partial charge < -0.3 is 0 Å². The third-order valence-electron chi connectivity index (χ3n) is 1.32. The first kappa shape index (κ1) is 11.0. The summed E-state index contributed by atoms with van der Waals surface area (Å²) in [5, 5.41) is 0. The Balaban J connectivity index is 3.66. The zero-order valence-corrected chi connectivity index (χ0v) is 9.10. The molecule has 0 heterocycles. The molecule has 0 radical (unpaired) electrons. The molecule has 0 nitrogen and oxygen atoms in total. The van der Waals surface area contributed by atoms with Crippen LogP contribution in [0.25, 0.3) is 0 Å². The molecule has 0 aliphatic heterocycles. The maximum atomic E-state index is 13.0. The predicted octanol–water partition coefficient (Wildman–Crippen LogP) is 3.10. The van der Waals surface area contributed by atoms with Crippen LogP contribution in [0.15, 0.2) is 4.90 Å². The SMILES string of the molecule is C=Ic1c(F)c(F)c(F)c(S)c1F. The lowest BCUT2D eigenvalue weighted by molar-refractivity contribution is 0.410. The van der Waals surface area contributed by atoms with Crippen molar-refractivity contribution in [1.82, 2.24) is 0 Å². The van der Waals surface area contributed by atoms with Crippen LogP contribution in [0.2, 0.25) is 0 Å². The summed E-state index contributed by atoms with van der Waals surface area (Å²) in [5.41, 5.74) is 0. The maximum Gasteiger partial charge on any atom is 0.196 e. The van der Waals surface area contributed by atoms with Crippen LogP contribution < -0.4 is 0 Å². The molecule has 0 atom stereocenters. The number of hydrogen-bond donors (Lipinski definition) is 1. The van der Waals surface area contributed by atoms with Crippen molar-refractivity contribution < 1.29 is 17.6 Å². The molecule has 72 valence electrons. The topological polar surface area (TPSA) is 0 Å². The van der Waals surface area contributed by atoms with E-state index in [2.05, 4.69) is 17.1 Å². The van der Waals surface area contributed by atoms with Crippen LogP contribution in [-0.2, 0) is 0 Å². The molecular weight excluding hydrogens is 319 g/mol. The van der Waals surface area contributed by atoms with Crippen LogP contribution in [0.1, 0.15) is 0 Å². The molecule has 0 amide bonds. The molecule has 1 rings (SSSR count). The average Bonchev–Trinajstić information content (AvgIpc) is 2.13. The van der Waals surface area contributed by atoms with Gasteiger partial charge in [0.25, 0.3) is 0 Å². The second-order valence-electron chi connectivity index (χ2n) is 2.05. The highest BCUT2D eigenvalue weighted by atomic mass is 127. The summed E-state index contributed by atoms with van der Waals surface area (Å²) < 4.78 is 53.9. The quantitative estimate of drug-likeness (QED) is 0.265. The van der Waals surface area contributed by atoms with E-state index in [0.717, 1.165) is 0 Å². The van der Waals surface area contributed by atoms with E-state index in [4.69, 9.17) is 0 Å². The van der Waals surface area contributed by atoms with E-state index < -0.39 is 52.5 Å². The minimum atomic E-state index is -1.69. The van der Waals surface area contributed by atoms with Gasteiger partial charge in [0.15, 0.2) is 23.3 Å². The van der Waals surface area contributed by atoms with Gasteiger partial charge in [-0.3, -0.25) is 0 Å². The highest BCUT2D eigenvalue weighted by Crippen LogP contribution is 2.28. The minimum absolute atomic E-state index is 0.484. The van der Waals surface area contributed by atoms with Crippen LogP contribution in [0, 0.1) is 26.8 Å². The molecule has 0 aliphatic carbocycles. The fourth-order valence-electron chi connectivity index (χ4n) is 0.711. The molecule has 0 aliphatic rings. The Labute approximate surface area is 87.1 Å². The Morgan fingerprint density at radius 2 is 1.46 bits per heavy atom. The summed E-state index contributed by atoms with van der Waals surface area (Å²) in [6.07, 6.45) is 0. The van der Waals surface area contributed by atoms with Gasteiger partial charge in [-0.1, -0.05) is 25.2 Å². The molecule has 0 saturated carbocycles. The first-order valence-corrected chi connectivity index (χ1v) is 5.99. The zero-order valence-electron chi connectivity index (χ0n) is 6.04. The van der Waals surface area contributed by atoms with Crippen molar-refractivity contribution >= 4 is 37.9 Å². The summed E-state index contributed by atoms with van der Waals surface area (Å²) in [5.74, 6) is -5.93. The fraction of sp³-hybridized carbons (Fsp3) is 0. The Kier molecular flexibility index (Phi) is 3.33. The number of rotatable bonds is 1. The summed E-state index contributed by atoms with van der Waals surface area (Å²) in [7, 11) is 0. The van der Waals surface area contributed by atoms with Gasteiger partial charge in [0.1, 0.15) is 0 Å². The molecule has 0 bridgehead atoms. The summed E-state index contributed by atoms with van der Waals surface area (Å²) >= 11 is 2.15. The van der Waals surface area contributed by atoms with Crippen molar-refractivity contribution in [3.63, 3.8) is 0 Å². The summed E-state index contributed by atoms with van der Waals surface area (Å²) in [4.78, 5) is -0.794.